The first-order valence-electron chi connectivity index (χ1n) is 8.50. The van der Waals surface area contributed by atoms with E-state index < -0.39 is 11.8 Å². The van der Waals surface area contributed by atoms with Gasteiger partial charge in [-0.2, -0.15) is 0 Å². The van der Waals surface area contributed by atoms with Crippen LogP contribution in [-0.2, 0) is 17.7 Å². The van der Waals surface area contributed by atoms with E-state index in [1.54, 1.807) is 6.20 Å². The molecule has 0 spiro atoms. The van der Waals surface area contributed by atoms with Crippen LogP contribution >= 0.6 is 0 Å². The lowest BCUT2D eigenvalue weighted by Gasteiger charge is -2.11. The molecule has 7 heteroatoms. The van der Waals surface area contributed by atoms with Crippen molar-refractivity contribution in [3.8, 4) is 11.5 Å². The van der Waals surface area contributed by atoms with Crippen molar-refractivity contribution in [2.45, 2.75) is 19.9 Å². The molecule has 0 bridgehead atoms. The lowest BCUT2D eigenvalue weighted by molar-refractivity contribution is 0.0600. The van der Waals surface area contributed by atoms with Gasteiger partial charge < -0.3 is 10.1 Å². The summed E-state index contributed by atoms with van der Waals surface area (Å²) >= 11 is 0. The van der Waals surface area contributed by atoms with E-state index in [1.165, 1.54) is 25.3 Å². The van der Waals surface area contributed by atoms with E-state index in [2.05, 4.69) is 25.0 Å². The van der Waals surface area contributed by atoms with Crippen molar-refractivity contribution < 1.29 is 13.9 Å². The van der Waals surface area contributed by atoms with E-state index >= 15 is 0 Å². The maximum absolute atomic E-state index is 14.1. The van der Waals surface area contributed by atoms with Gasteiger partial charge in [0.2, 0.25) is 0 Å². The number of hydrogen-bond acceptors (Lipinski definition) is 6. The number of anilines is 1. The third-order valence-electron chi connectivity index (χ3n) is 3.96. The second-order valence-electron chi connectivity index (χ2n) is 5.79. The number of methoxy groups -OCH3 is 1. The predicted octanol–water partition coefficient (Wildman–Crippen LogP) is 3.64. The van der Waals surface area contributed by atoms with E-state index in [1.807, 2.05) is 31.2 Å². The number of nitrogens with zero attached hydrogens (tertiary/aromatic N) is 3. The molecular formula is C20H19FN4O2. The van der Waals surface area contributed by atoms with Crippen LogP contribution in [0, 0.1) is 5.82 Å². The molecule has 1 aromatic carbocycles. The normalized spacial score (nSPS) is 10.5. The van der Waals surface area contributed by atoms with Gasteiger partial charge in [-0.05, 0) is 36.8 Å². The van der Waals surface area contributed by atoms with Crippen LogP contribution in [0.5, 0.6) is 0 Å². The minimum Gasteiger partial charge on any atom is -0.465 e. The standard InChI is InChI=1S/C20H19FN4O2/c1-3-15-11-18(25-19(24-15)17-6-4-5-9-22-17)23-12-14-10-13(20(26)27-2)7-8-16(14)21/h4-11H,3,12H2,1-2H3,(H,23,24,25). The third-order valence-corrected chi connectivity index (χ3v) is 3.96. The number of benzene rings is 1. The Labute approximate surface area is 156 Å². The van der Waals surface area contributed by atoms with Crippen molar-refractivity contribution in [3.63, 3.8) is 0 Å². The lowest BCUT2D eigenvalue weighted by atomic mass is 10.1. The maximum Gasteiger partial charge on any atom is 0.337 e. The maximum atomic E-state index is 14.1. The first-order chi connectivity index (χ1) is 13.1. The second kappa shape index (κ2) is 8.35. The number of hydrogen-bond donors (Lipinski definition) is 1. The van der Waals surface area contributed by atoms with Gasteiger partial charge in [0.1, 0.15) is 17.3 Å². The average Bonchev–Trinajstić information content (AvgIpc) is 2.73. The molecule has 0 unspecified atom stereocenters. The number of nitrogens with one attached hydrogen (secondary N) is 1. The number of ether oxygens (including phenoxy) is 1. The SMILES string of the molecule is CCc1cc(NCc2cc(C(=O)OC)ccc2F)nc(-c2ccccn2)n1. The Morgan fingerprint density at radius 3 is 2.74 bits per heavy atom. The van der Waals surface area contributed by atoms with E-state index in [9.17, 15) is 9.18 Å². The van der Waals surface area contributed by atoms with Crippen LogP contribution in [0.2, 0.25) is 0 Å². The zero-order chi connectivity index (χ0) is 19.2. The van der Waals surface area contributed by atoms with Crippen molar-refractivity contribution >= 4 is 11.8 Å². The van der Waals surface area contributed by atoms with Crippen molar-refractivity contribution in [2.75, 3.05) is 12.4 Å². The van der Waals surface area contributed by atoms with Crippen LogP contribution in [0.3, 0.4) is 0 Å². The van der Waals surface area contributed by atoms with Crippen LogP contribution in [0.1, 0.15) is 28.5 Å². The number of aryl methyl sites for hydroxylation is 1. The Kier molecular flexibility index (Phi) is 5.71. The molecule has 0 radical (unpaired) electrons. The van der Waals surface area contributed by atoms with Crippen LogP contribution < -0.4 is 5.32 Å². The van der Waals surface area contributed by atoms with Crippen LogP contribution in [-0.4, -0.2) is 28.0 Å². The quantitative estimate of drug-likeness (QED) is 0.671. The van der Waals surface area contributed by atoms with Crippen molar-refractivity contribution in [3.05, 3.63) is 71.3 Å². The monoisotopic (exact) mass is 366 g/mol. The highest BCUT2D eigenvalue weighted by molar-refractivity contribution is 5.89. The summed E-state index contributed by atoms with van der Waals surface area (Å²) in [7, 11) is 1.29. The van der Waals surface area contributed by atoms with E-state index in [4.69, 9.17) is 0 Å². The molecule has 0 fully saturated rings. The zero-order valence-corrected chi connectivity index (χ0v) is 15.1. The molecule has 2 aromatic heterocycles. The van der Waals surface area contributed by atoms with Crippen LogP contribution in [0.25, 0.3) is 11.5 Å². The average molecular weight is 366 g/mol. The molecule has 0 amide bonds. The summed E-state index contributed by atoms with van der Waals surface area (Å²) in [5, 5.41) is 3.10. The number of aromatic nitrogens is 3. The van der Waals surface area contributed by atoms with Gasteiger partial charge in [0, 0.05) is 30.1 Å². The molecule has 6 nitrogen and oxygen atoms in total. The first kappa shape index (κ1) is 18.4. The van der Waals surface area contributed by atoms with Crippen molar-refractivity contribution in [2.24, 2.45) is 0 Å². The molecule has 1 N–H and O–H groups in total. The summed E-state index contributed by atoms with van der Waals surface area (Å²) in [5.74, 6) is 0.139. The summed E-state index contributed by atoms with van der Waals surface area (Å²) in [6, 6.07) is 11.4. The summed E-state index contributed by atoms with van der Waals surface area (Å²) in [4.78, 5) is 24.9. The minimum atomic E-state index is -0.510. The van der Waals surface area contributed by atoms with Crippen LogP contribution in [0.15, 0.2) is 48.7 Å². The molecule has 0 saturated heterocycles. The third kappa shape index (κ3) is 4.44. The molecule has 0 aliphatic rings. The second-order valence-corrected chi connectivity index (χ2v) is 5.79. The largest absolute Gasteiger partial charge is 0.465 e. The lowest BCUT2D eigenvalue weighted by Crippen LogP contribution is -2.08. The minimum absolute atomic E-state index is 0.165. The number of halogens is 1. The highest BCUT2D eigenvalue weighted by Crippen LogP contribution is 2.18. The fourth-order valence-corrected chi connectivity index (χ4v) is 2.52. The summed E-state index contributed by atoms with van der Waals surface area (Å²) in [6.45, 7) is 2.16. The predicted molar refractivity (Wildman–Crippen MR) is 99.7 cm³/mol. The van der Waals surface area contributed by atoms with Crippen molar-refractivity contribution in [1.29, 1.82) is 0 Å². The number of esters is 1. The highest BCUT2D eigenvalue weighted by Gasteiger charge is 2.11. The molecule has 2 heterocycles. The van der Waals surface area contributed by atoms with Crippen molar-refractivity contribution in [1.82, 2.24) is 15.0 Å². The summed E-state index contributed by atoms with van der Waals surface area (Å²) in [5.41, 5.74) is 2.14. The number of pyridine rings is 1. The number of rotatable bonds is 6. The van der Waals surface area contributed by atoms with Gasteiger partial charge in [-0.3, -0.25) is 4.98 Å². The molecule has 3 aromatic rings. The fraction of sp³-hybridized carbons (Fsp3) is 0.200. The molecule has 0 saturated carbocycles. The van der Waals surface area contributed by atoms with Crippen LogP contribution in [0.4, 0.5) is 10.2 Å². The summed E-state index contributed by atoms with van der Waals surface area (Å²) < 4.78 is 18.8. The molecule has 0 atom stereocenters. The topological polar surface area (TPSA) is 77.0 Å². The Hall–Kier alpha value is -3.35. The Morgan fingerprint density at radius 1 is 1.19 bits per heavy atom. The Balaban J connectivity index is 1.85. The van der Waals surface area contributed by atoms with E-state index in [0.29, 0.717) is 28.5 Å². The number of carbonyl (C=O) groups is 1. The fourth-order valence-electron chi connectivity index (χ4n) is 2.52. The molecule has 3 rings (SSSR count). The van der Waals surface area contributed by atoms with Gasteiger partial charge in [0.25, 0.3) is 0 Å². The molecule has 0 aliphatic heterocycles. The number of carbonyl (C=O) groups excluding carboxylic acids is 1. The molecule has 138 valence electrons. The van der Waals surface area contributed by atoms with E-state index in [-0.39, 0.29) is 6.54 Å². The van der Waals surface area contributed by atoms with Gasteiger partial charge >= 0.3 is 5.97 Å². The molecule has 27 heavy (non-hydrogen) atoms. The van der Waals surface area contributed by atoms with Gasteiger partial charge in [0.15, 0.2) is 5.82 Å². The first-order valence-corrected chi connectivity index (χ1v) is 8.50. The highest BCUT2D eigenvalue weighted by atomic mass is 19.1. The molecular weight excluding hydrogens is 347 g/mol. The zero-order valence-electron chi connectivity index (χ0n) is 15.1. The van der Waals surface area contributed by atoms with Gasteiger partial charge in [-0.15, -0.1) is 0 Å². The van der Waals surface area contributed by atoms with Gasteiger partial charge in [0.05, 0.1) is 12.7 Å². The van der Waals surface area contributed by atoms with Gasteiger partial charge in [-0.1, -0.05) is 13.0 Å². The Bertz CT molecular complexity index is 948. The van der Waals surface area contributed by atoms with E-state index in [0.717, 1.165) is 12.1 Å². The smallest absolute Gasteiger partial charge is 0.337 e. The molecule has 0 aliphatic carbocycles. The van der Waals surface area contributed by atoms with Gasteiger partial charge in [-0.25, -0.2) is 19.2 Å². The summed E-state index contributed by atoms with van der Waals surface area (Å²) in [6.07, 6.45) is 2.40. The Morgan fingerprint density at radius 2 is 2.04 bits per heavy atom.